The Kier molecular flexibility index (Phi) is 8.09. The van der Waals surface area contributed by atoms with Gasteiger partial charge in [-0.05, 0) is 68.8 Å². The van der Waals surface area contributed by atoms with E-state index < -0.39 is 0 Å². The number of benzene rings is 2. The van der Waals surface area contributed by atoms with Gasteiger partial charge >= 0.3 is 0 Å². The second kappa shape index (κ2) is 11.8. The van der Waals surface area contributed by atoms with Gasteiger partial charge in [-0.3, -0.25) is 0 Å². The molecule has 0 atom stereocenters. The number of hydrogen-bond acceptors (Lipinski definition) is 6. The number of aryl methyl sites for hydroxylation is 2. The molecule has 2 aromatic carbocycles. The summed E-state index contributed by atoms with van der Waals surface area (Å²) in [6.45, 7) is 3.88. The maximum Gasteiger partial charge on any atom is 0.139 e. The molecule has 0 aliphatic heterocycles. The summed E-state index contributed by atoms with van der Waals surface area (Å²) < 4.78 is 0. The van der Waals surface area contributed by atoms with Gasteiger partial charge in [0.25, 0.3) is 0 Å². The average molecular weight is 498 g/mol. The first-order valence-corrected chi connectivity index (χ1v) is 13.7. The van der Waals surface area contributed by atoms with Crippen LogP contribution in [0.4, 0.5) is 5.82 Å². The topological polar surface area (TPSA) is 71.8 Å². The molecule has 0 unspecified atom stereocenters. The van der Waals surface area contributed by atoms with Crippen molar-refractivity contribution in [3.8, 4) is 5.69 Å². The first-order chi connectivity index (χ1) is 18.1. The van der Waals surface area contributed by atoms with Crippen LogP contribution in [0.15, 0.2) is 54.6 Å². The minimum absolute atomic E-state index is 0.757. The van der Waals surface area contributed by atoms with Gasteiger partial charge in [-0.15, -0.1) is 0 Å². The van der Waals surface area contributed by atoms with E-state index in [4.69, 9.17) is 15.1 Å². The Hall–Kier alpha value is -3.32. The van der Waals surface area contributed by atoms with E-state index in [0.29, 0.717) is 0 Å². The van der Waals surface area contributed by atoms with E-state index in [1.54, 1.807) is 4.80 Å². The molecule has 1 aliphatic carbocycles. The first kappa shape index (κ1) is 25.3. The average Bonchev–Trinajstić information content (AvgIpc) is 3.30. The van der Waals surface area contributed by atoms with Crippen molar-refractivity contribution in [1.82, 2.24) is 30.3 Å². The van der Waals surface area contributed by atoms with Crippen LogP contribution in [0.1, 0.15) is 55.7 Å². The van der Waals surface area contributed by atoms with Crippen LogP contribution in [0.5, 0.6) is 0 Å². The lowest BCUT2D eigenvalue weighted by molar-refractivity contribution is 0.253. The minimum Gasteiger partial charge on any atom is -0.362 e. The fourth-order valence-corrected chi connectivity index (χ4v) is 5.48. The molecule has 4 aromatic rings. The zero-order valence-electron chi connectivity index (χ0n) is 22.4. The normalized spacial score (nSPS) is 17.8. The van der Waals surface area contributed by atoms with Crippen LogP contribution >= 0.6 is 0 Å². The van der Waals surface area contributed by atoms with Crippen LogP contribution in [-0.2, 0) is 13.0 Å². The fourth-order valence-electron chi connectivity index (χ4n) is 5.48. The molecule has 1 aliphatic rings. The molecule has 0 spiro atoms. The molecule has 0 bridgehead atoms. The summed E-state index contributed by atoms with van der Waals surface area (Å²) in [5.74, 6) is 3.58. The van der Waals surface area contributed by atoms with E-state index in [2.05, 4.69) is 53.7 Å². The lowest BCUT2D eigenvalue weighted by Crippen LogP contribution is -2.26. The zero-order chi connectivity index (χ0) is 25.6. The smallest absolute Gasteiger partial charge is 0.139 e. The molecule has 194 valence electrons. The van der Waals surface area contributed by atoms with Crippen LogP contribution in [0.2, 0.25) is 0 Å². The molecular formula is C30H39N7. The Balaban J connectivity index is 1.04. The number of aromatic nitrogens is 5. The highest BCUT2D eigenvalue weighted by atomic mass is 15.5. The highest BCUT2D eigenvalue weighted by Crippen LogP contribution is 2.32. The van der Waals surface area contributed by atoms with Gasteiger partial charge in [-0.1, -0.05) is 49.6 Å². The Bertz CT molecular complexity index is 1290. The molecule has 1 saturated carbocycles. The maximum atomic E-state index is 4.87. The molecule has 2 aromatic heterocycles. The van der Waals surface area contributed by atoms with Crippen molar-refractivity contribution in [3.63, 3.8) is 0 Å². The number of nitrogens with zero attached hydrogens (tertiary/aromatic N) is 6. The highest BCUT2D eigenvalue weighted by Gasteiger charge is 2.21. The molecule has 0 amide bonds. The van der Waals surface area contributed by atoms with Gasteiger partial charge in [-0.2, -0.15) is 15.0 Å². The summed E-state index contributed by atoms with van der Waals surface area (Å²) in [5, 5.41) is 14.1. The third-order valence-corrected chi connectivity index (χ3v) is 7.62. The van der Waals surface area contributed by atoms with Gasteiger partial charge in [-0.25, -0.2) is 9.97 Å². The summed E-state index contributed by atoms with van der Waals surface area (Å²) in [6, 6.07) is 18.4. The Labute approximate surface area is 220 Å². The molecule has 7 nitrogen and oxygen atoms in total. The second-order valence-corrected chi connectivity index (χ2v) is 10.6. The first-order valence-electron chi connectivity index (χ1n) is 13.7. The second-order valence-electron chi connectivity index (χ2n) is 10.6. The molecule has 0 radical (unpaired) electrons. The van der Waals surface area contributed by atoms with Crippen molar-refractivity contribution < 1.29 is 0 Å². The maximum absolute atomic E-state index is 4.87. The molecular weight excluding hydrogens is 458 g/mol. The monoisotopic (exact) mass is 497 g/mol. The van der Waals surface area contributed by atoms with Crippen molar-refractivity contribution >= 4 is 16.7 Å². The van der Waals surface area contributed by atoms with Crippen molar-refractivity contribution in [2.24, 2.45) is 11.8 Å². The van der Waals surface area contributed by atoms with Gasteiger partial charge in [0, 0.05) is 32.4 Å². The minimum atomic E-state index is 0.757. The van der Waals surface area contributed by atoms with Crippen molar-refractivity contribution in [1.29, 1.82) is 0 Å². The summed E-state index contributed by atoms with van der Waals surface area (Å²) >= 11 is 0. The van der Waals surface area contributed by atoms with E-state index in [0.717, 1.165) is 77.4 Å². The lowest BCUT2D eigenvalue weighted by atomic mass is 9.80. The lowest BCUT2D eigenvalue weighted by Gasteiger charge is -2.28. The van der Waals surface area contributed by atoms with Crippen LogP contribution in [0.25, 0.3) is 16.6 Å². The Morgan fingerprint density at radius 1 is 0.892 bits per heavy atom. The predicted octanol–water partition coefficient (Wildman–Crippen LogP) is 5.50. The SMILES string of the molecule is Cc1nn(-c2ccccc2)nc1CNCC1CCC(CCCc2nc(N(C)C)c3ccccc3n2)CC1. The third kappa shape index (κ3) is 6.34. The van der Waals surface area contributed by atoms with Crippen LogP contribution in [-0.4, -0.2) is 45.6 Å². The van der Waals surface area contributed by atoms with Crippen LogP contribution in [0, 0.1) is 18.8 Å². The Morgan fingerprint density at radius 3 is 2.41 bits per heavy atom. The van der Waals surface area contributed by atoms with Gasteiger partial charge in [0.1, 0.15) is 11.6 Å². The largest absolute Gasteiger partial charge is 0.362 e. The molecule has 1 N–H and O–H groups in total. The quantitative estimate of drug-likeness (QED) is 0.312. The number of anilines is 1. The number of fused-ring (bicyclic) bond motifs is 1. The van der Waals surface area contributed by atoms with Gasteiger partial charge in [0.05, 0.1) is 22.6 Å². The number of rotatable bonds is 10. The molecule has 7 heteroatoms. The zero-order valence-corrected chi connectivity index (χ0v) is 22.4. The van der Waals surface area contributed by atoms with Crippen LogP contribution in [0.3, 0.4) is 0 Å². The number of nitrogens with one attached hydrogen (secondary N) is 1. The standard InChI is InChI=1S/C30H39N7/c1-22-28(35-37(34-22)25-11-5-4-6-12-25)21-31-20-24-18-16-23(17-19-24)10-9-15-29-32-27-14-8-7-13-26(27)30(33-29)36(2)3/h4-8,11-14,23-24,31H,9-10,15-21H2,1-3H3. The molecule has 2 heterocycles. The molecule has 5 rings (SSSR count). The van der Waals surface area contributed by atoms with Gasteiger partial charge in [0.15, 0.2) is 0 Å². The van der Waals surface area contributed by atoms with Crippen molar-refractivity contribution in [2.45, 2.75) is 58.4 Å². The third-order valence-electron chi connectivity index (χ3n) is 7.62. The summed E-state index contributed by atoms with van der Waals surface area (Å²) in [5.41, 5.74) is 4.07. The van der Waals surface area contributed by atoms with Crippen LogP contribution < -0.4 is 10.2 Å². The Morgan fingerprint density at radius 2 is 1.62 bits per heavy atom. The summed E-state index contributed by atoms with van der Waals surface area (Å²) in [4.78, 5) is 13.5. The number of hydrogen-bond donors (Lipinski definition) is 1. The van der Waals surface area contributed by atoms with E-state index in [1.807, 2.05) is 37.3 Å². The molecule has 0 saturated heterocycles. The molecule has 1 fully saturated rings. The molecule has 37 heavy (non-hydrogen) atoms. The van der Waals surface area contributed by atoms with Crippen molar-refractivity contribution in [2.75, 3.05) is 25.5 Å². The highest BCUT2D eigenvalue weighted by molar-refractivity contribution is 5.89. The van der Waals surface area contributed by atoms with Gasteiger partial charge < -0.3 is 10.2 Å². The van der Waals surface area contributed by atoms with E-state index in [1.165, 1.54) is 32.1 Å². The van der Waals surface area contributed by atoms with E-state index in [-0.39, 0.29) is 0 Å². The van der Waals surface area contributed by atoms with Gasteiger partial charge in [0.2, 0.25) is 0 Å². The number of para-hydroxylation sites is 2. The fraction of sp³-hybridized carbons (Fsp3) is 0.467. The summed E-state index contributed by atoms with van der Waals surface area (Å²) in [6.07, 6.45) is 8.67. The predicted molar refractivity (Wildman–Crippen MR) is 150 cm³/mol. The van der Waals surface area contributed by atoms with Crippen molar-refractivity contribution in [3.05, 3.63) is 71.8 Å². The summed E-state index contributed by atoms with van der Waals surface area (Å²) in [7, 11) is 4.11. The van der Waals surface area contributed by atoms with E-state index >= 15 is 0 Å². The van der Waals surface area contributed by atoms with E-state index in [9.17, 15) is 0 Å².